The van der Waals surface area contributed by atoms with Crippen LogP contribution in [0.2, 0.25) is 0 Å². The van der Waals surface area contributed by atoms with E-state index in [1.165, 1.54) is 0 Å². The van der Waals surface area contributed by atoms with E-state index in [9.17, 15) is 9.59 Å². The van der Waals surface area contributed by atoms with Crippen molar-refractivity contribution in [1.29, 1.82) is 0 Å². The average molecular weight is 259 g/mol. The fourth-order valence-electron chi connectivity index (χ4n) is 2.05. The Kier molecular flexibility index (Phi) is 4.00. The van der Waals surface area contributed by atoms with Crippen LogP contribution in [-0.2, 0) is 14.3 Å². The van der Waals surface area contributed by atoms with Crippen molar-refractivity contribution in [3.05, 3.63) is 42.0 Å². The van der Waals surface area contributed by atoms with Gasteiger partial charge in [0, 0.05) is 18.5 Å². The molecule has 0 radical (unpaired) electrons. The predicted molar refractivity (Wildman–Crippen MR) is 72.8 cm³/mol. The molecule has 100 valence electrons. The Labute approximate surface area is 112 Å². The highest BCUT2D eigenvalue weighted by atomic mass is 16.5. The van der Waals surface area contributed by atoms with E-state index >= 15 is 0 Å². The fraction of sp³-hybridized carbons (Fsp3) is 0.333. The quantitative estimate of drug-likeness (QED) is 0.668. The Morgan fingerprint density at radius 2 is 2.21 bits per heavy atom. The maximum absolute atomic E-state index is 12.1. The number of rotatable bonds is 4. The van der Waals surface area contributed by atoms with Gasteiger partial charge in [0.1, 0.15) is 0 Å². The van der Waals surface area contributed by atoms with Gasteiger partial charge >= 0.3 is 5.97 Å². The number of nitrogens with one attached hydrogen (secondary N) is 1. The molecular formula is C15H17NO3. The lowest BCUT2D eigenvalue weighted by atomic mass is 9.91. The summed E-state index contributed by atoms with van der Waals surface area (Å²) in [4.78, 5) is 23.6. The second-order valence-electron chi connectivity index (χ2n) is 4.77. The highest BCUT2D eigenvalue weighted by molar-refractivity contribution is 5.99. The van der Waals surface area contributed by atoms with Crippen molar-refractivity contribution in [1.82, 2.24) is 0 Å². The molecule has 0 saturated carbocycles. The first kappa shape index (κ1) is 13.3. The maximum atomic E-state index is 12.1. The molecule has 1 atom stereocenters. The lowest BCUT2D eigenvalue weighted by molar-refractivity contribution is -0.146. The Hall–Kier alpha value is -2.10. The van der Waals surface area contributed by atoms with Gasteiger partial charge < -0.3 is 10.1 Å². The van der Waals surface area contributed by atoms with E-state index in [0.29, 0.717) is 18.7 Å². The summed E-state index contributed by atoms with van der Waals surface area (Å²) >= 11 is 0. The maximum Gasteiger partial charge on any atom is 0.314 e. The minimum Gasteiger partial charge on any atom is -0.465 e. The smallest absolute Gasteiger partial charge is 0.314 e. The summed E-state index contributed by atoms with van der Waals surface area (Å²) in [6, 6.07) is 7.32. The average Bonchev–Trinajstić information content (AvgIpc) is 2.37. The van der Waals surface area contributed by atoms with E-state index in [4.69, 9.17) is 4.74 Å². The summed E-state index contributed by atoms with van der Waals surface area (Å²) in [7, 11) is 0. The molecule has 19 heavy (non-hydrogen) atoms. The Morgan fingerprint density at radius 3 is 2.95 bits per heavy atom. The van der Waals surface area contributed by atoms with Crippen LogP contribution in [0.5, 0.6) is 0 Å². The molecule has 4 heteroatoms. The number of carbonyl (C=O) groups is 2. The molecule has 0 spiro atoms. The zero-order chi connectivity index (χ0) is 13.8. The van der Waals surface area contributed by atoms with E-state index in [2.05, 4.69) is 11.9 Å². The molecule has 0 aromatic heterocycles. The Bertz CT molecular complexity index is 522. The van der Waals surface area contributed by atoms with Crippen molar-refractivity contribution < 1.29 is 14.3 Å². The van der Waals surface area contributed by atoms with Gasteiger partial charge in [0.05, 0.1) is 12.5 Å². The summed E-state index contributed by atoms with van der Waals surface area (Å²) in [5.74, 6) is -1.00. The van der Waals surface area contributed by atoms with Crippen LogP contribution in [-0.4, -0.2) is 18.5 Å². The number of para-hydroxylation sites is 1. The van der Waals surface area contributed by atoms with Crippen molar-refractivity contribution in [2.45, 2.75) is 25.7 Å². The lowest BCUT2D eigenvalue weighted by Crippen LogP contribution is -2.28. The number of fused-ring (bicyclic) bond motifs is 1. The third kappa shape index (κ3) is 3.22. The van der Waals surface area contributed by atoms with Gasteiger partial charge in [-0.15, -0.1) is 6.58 Å². The molecule has 0 aliphatic carbocycles. The summed E-state index contributed by atoms with van der Waals surface area (Å²) in [5.41, 5.74) is 2.48. The Morgan fingerprint density at radius 1 is 1.47 bits per heavy atom. The van der Waals surface area contributed by atoms with Gasteiger partial charge in [-0.25, -0.2) is 0 Å². The van der Waals surface area contributed by atoms with Crippen LogP contribution < -0.4 is 5.32 Å². The largest absolute Gasteiger partial charge is 0.465 e. The lowest BCUT2D eigenvalue weighted by Gasteiger charge is -2.24. The van der Waals surface area contributed by atoms with Gasteiger partial charge in [-0.2, -0.15) is 0 Å². The number of anilines is 1. The normalized spacial score (nSPS) is 17.3. The molecule has 0 fully saturated rings. The van der Waals surface area contributed by atoms with Crippen LogP contribution in [0.4, 0.5) is 5.69 Å². The summed E-state index contributed by atoms with van der Waals surface area (Å²) < 4.78 is 5.22. The number of esters is 1. The number of amides is 1. The van der Waals surface area contributed by atoms with Crippen LogP contribution in [0.3, 0.4) is 0 Å². The molecule has 1 aromatic rings. The van der Waals surface area contributed by atoms with Crippen LogP contribution in [0.1, 0.15) is 31.2 Å². The molecule has 1 N–H and O–H groups in total. The SMILES string of the molecule is C=C(C)CCOC(=O)[C@H]1CC(=O)Nc2ccccc21. The topological polar surface area (TPSA) is 55.4 Å². The molecule has 0 bridgehead atoms. The summed E-state index contributed by atoms with van der Waals surface area (Å²) in [6.45, 7) is 5.96. The first-order chi connectivity index (χ1) is 9.08. The molecule has 0 saturated heterocycles. The van der Waals surface area contributed by atoms with Crippen molar-refractivity contribution in [3.63, 3.8) is 0 Å². The van der Waals surface area contributed by atoms with Gasteiger partial charge in [-0.3, -0.25) is 9.59 Å². The van der Waals surface area contributed by atoms with Crippen LogP contribution in [0.15, 0.2) is 36.4 Å². The highest BCUT2D eigenvalue weighted by Crippen LogP contribution is 2.32. The number of carbonyl (C=O) groups excluding carboxylic acids is 2. The van der Waals surface area contributed by atoms with Crippen LogP contribution in [0.25, 0.3) is 0 Å². The van der Waals surface area contributed by atoms with Crippen molar-refractivity contribution >= 4 is 17.6 Å². The number of benzene rings is 1. The Balaban J connectivity index is 2.09. The molecule has 4 nitrogen and oxygen atoms in total. The minimum absolute atomic E-state index is 0.142. The molecule has 1 amide bonds. The highest BCUT2D eigenvalue weighted by Gasteiger charge is 2.31. The molecule has 1 heterocycles. The monoisotopic (exact) mass is 259 g/mol. The third-order valence-electron chi connectivity index (χ3n) is 3.06. The van der Waals surface area contributed by atoms with E-state index in [0.717, 1.165) is 11.1 Å². The van der Waals surface area contributed by atoms with Crippen LogP contribution in [0, 0.1) is 0 Å². The fourth-order valence-corrected chi connectivity index (χ4v) is 2.05. The molecular weight excluding hydrogens is 242 g/mol. The minimum atomic E-state index is -0.505. The van der Waals surface area contributed by atoms with Crippen LogP contribution >= 0.6 is 0 Å². The van der Waals surface area contributed by atoms with Gasteiger partial charge in [-0.1, -0.05) is 23.8 Å². The standard InChI is InChI=1S/C15H17NO3/c1-10(2)7-8-19-15(18)12-9-14(17)16-13-6-4-3-5-11(12)13/h3-6,12H,1,7-9H2,2H3,(H,16,17)/t12-/m0/s1. The second-order valence-corrected chi connectivity index (χ2v) is 4.77. The van der Waals surface area contributed by atoms with E-state index in [1.54, 1.807) is 6.07 Å². The second kappa shape index (κ2) is 5.69. The van der Waals surface area contributed by atoms with E-state index in [1.807, 2.05) is 25.1 Å². The third-order valence-corrected chi connectivity index (χ3v) is 3.06. The van der Waals surface area contributed by atoms with Gasteiger partial charge in [0.2, 0.25) is 5.91 Å². The van der Waals surface area contributed by atoms with Gasteiger partial charge in [-0.05, 0) is 18.6 Å². The molecule has 0 unspecified atom stereocenters. The molecule has 1 aliphatic rings. The number of hydrogen-bond donors (Lipinski definition) is 1. The predicted octanol–water partition coefficient (Wildman–Crippen LogP) is 2.62. The van der Waals surface area contributed by atoms with Gasteiger partial charge in [0.25, 0.3) is 0 Å². The van der Waals surface area contributed by atoms with E-state index < -0.39 is 5.92 Å². The zero-order valence-corrected chi connectivity index (χ0v) is 10.9. The van der Waals surface area contributed by atoms with Crippen molar-refractivity contribution in [2.75, 3.05) is 11.9 Å². The summed E-state index contributed by atoms with van der Waals surface area (Å²) in [6.07, 6.45) is 0.787. The summed E-state index contributed by atoms with van der Waals surface area (Å²) in [5, 5.41) is 2.76. The van der Waals surface area contributed by atoms with Crippen molar-refractivity contribution in [3.8, 4) is 0 Å². The number of ether oxygens (including phenoxy) is 1. The van der Waals surface area contributed by atoms with E-state index in [-0.39, 0.29) is 18.3 Å². The zero-order valence-electron chi connectivity index (χ0n) is 10.9. The van der Waals surface area contributed by atoms with Gasteiger partial charge in [0.15, 0.2) is 0 Å². The first-order valence-electron chi connectivity index (χ1n) is 6.27. The number of hydrogen-bond acceptors (Lipinski definition) is 3. The molecule has 1 aromatic carbocycles. The molecule has 1 aliphatic heterocycles. The van der Waals surface area contributed by atoms with Crippen molar-refractivity contribution in [2.24, 2.45) is 0 Å². The first-order valence-corrected chi connectivity index (χ1v) is 6.27. The molecule has 2 rings (SSSR count).